The topological polar surface area (TPSA) is 116 Å². The SMILES string of the molecule is COc1ccc(S(=O)(=O)n2ccc(C(=O)NCc3ccon3)n2)cc1. The molecule has 3 aromatic rings. The van der Waals surface area contributed by atoms with Gasteiger partial charge in [0.05, 0.1) is 18.6 Å². The molecule has 10 heteroatoms. The third kappa shape index (κ3) is 3.53. The van der Waals surface area contributed by atoms with E-state index in [4.69, 9.17) is 4.74 Å². The molecule has 0 saturated carbocycles. The van der Waals surface area contributed by atoms with Gasteiger partial charge in [-0.1, -0.05) is 5.16 Å². The Morgan fingerprint density at radius 3 is 2.64 bits per heavy atom. The van der Waals surface area contributed by atoms with Crippen molar-refractivity contribution in [2.24, 2.45) is 0 Å². The summed E-state index contributed by atoms with van der Waals surface area (Å²) in [5.41, 5.74) is 0.513. The first-order chi connectivity index (χ1) is 12.0. The molecular weight excluding hydrogens is 348 g/mol. The van der Waals surface area contributed by atoms with Gasteiger partial charge in [0.15, 0.2) is 5.69 Å². The number of benzene rings is 1. The highest BCUT2D eigenvalue weighted by Gasteiger charge is 2.20. The first-order valence-corrected chi connectivity index (χ1v) is 8.57. The number of ether oxygens (including phenoxy) is 1. The van der Waals surface area contributed by atoms with Crippen molar-refractivity contribution < 1.29 is 22.5 Å². The molecule has 25 heavy (non-hydrogen) atoms. The zero-order valence-corrected chi connectivity index (χ0v) is 13.9. The van der Waals surface area contributed by atoms with Gasteiger partial charge in [0.2, 0.25) is 0 Å². The Morgan fingerprint density at radius 1 is 1.24 bits per heavy atom. The number of rotatable bonds is 6. The summed E-state index contributed by atoms with van der Waals surface area (Å²) in [5.74, 6) is 0.0130. The number of nitrogens with one attached hydrogen (secondary N) is 1. The van der Waals surface area contributed by atoms with Gasteiger partial charge in [-0.05, 0) is 30.3 Å². The fraction of sp³-hybridized carbons (Fsp3) is 0.133. The second-order valence-electron chi connectivity index (χ2n) is 4.93. The number of aromatic nitrogens is 3. The van der Waals surface area contributed by atoms with Gasteiger partial charge in [0.25, 0.3) is 15.9 Å². The number of methoxy groups -OCH3 is 1. The number of carbonyl (C=O) groups excluding carboxylic acids is 1. The maximum atomic E-state index is 12.5. The van der Waals surface area contributed by atoms with Crippen LogP contribution in [0.3, 0.4) is 0 Å². The first kappa shape index (κ1) is 16.7. The molecule has 0 aliphatic rings. The number of hydrogen-bond acceptors (Lipinski definition) is 7. The molecule has 1 N–H and O–H groups in total. The maximum absolute atomic E-state index is 12.5. The monoisotopic (exact) mass is 362 g/mol. The Balaban J connectivity index is 1.76. The Hall–Kier alpha value is -3.14. The van der Waals surface area contributed by atoms with E-state index in [1.807, 2.05) is 0 Å². The van der Waals surface area contributed by atoms with Crippen LogP contribution in [0, 0.1) is 0 Å². The molecule has 2 aromatic heterocycles. The van der Waals surface area contributed by atoms with Crippen LogP contribution < -0.4 is 10.1 Å². The molecule has 0 aliphatic heterocycles. The predicted molar refractivity (Wildman–Crippen MR) is 85.5 cm³/mol. The van der Waals surface area contributed by atoms with Gasteiger partial charge in [-0.15, -0.1) is 0 Å². The molecule has 0 saturated heterocycles. The summed E-state index contributed by atoms with van der Waals surface area (Å²) >= 11 is 0. The van der Waals surface area contributed by atoms with Crippen LogP contribution in [0.5, 0.6) is 5.75 Å². The second-order valence-corrected chi connectivity index (χ2v) is 6.72. The third-order valence-electron chi connectivity index (χ3n) is 3.32. The van der Waals surface area contributed by atoms with E-state index in [0.29, 0.717) is 11.4 Å². The lowest BCUT2D eigenvalue weighted by atomic mass is 10.3. The van der Waals surface area contributed by atoms with Crippen LogP contribution in [0.1, 0.15) is 16.2 Å². The largest absolute Gasteiger partial charge is 0.497 e. The van der Waals surface area contributed by atoms with Gasteiger partial charge in [0, 0.05) is 12.3 Å². The molecule has 0 fully saturated rings. The van der Waals surface area contributed by atoms with Gasteiger partial charge in [0.1, 0.15) is 17.7 Å². The van der Waals surface area contributed by atoms with Crippen molar-refractivity contribution in [1.82, 2.24) is 19.7 Å². The zero-order chi connectivity index (χ0) is 17.9. The number of nitrogens with zero attached hydrogens (tertiary/aromatic N) is 3. The first-order valence-electron chi connectivity index (χ1n) is 7.13. The second kappa shape index (κ2) is 6.77. The summed E-state index contributed by atoms with van der Waals surface area (Å²) in [6.45, 7) is 0.146. The molecule has 0 aliphatic carbocycles. The molecule has 0 radical (unpaired) electrons. The fourth-order valence-electron chi connectivity index (χ4n) is 2.01. The minimum Gasteiger partial charge on any atom is -0.497 e. The van der Waals surface area contributed by atoms with Crippen molar-refractivity contribution in [3.63, 3.8) is 0 Å². The van der Waals surface area contributed by atoms with Crippen LogP contribution in [-0.2, 0) is 16.6 Å². The molecule has 1 amide bonds. The highest BCUT2D eigenvalue weighted by Crippen LogP contribution is 2.17. The fourth-order valence-corrected chi connectivity index (χ4v) is 3.12. The number of amides is 1. The third-order valence-corrected chi connectivity index (χ3v) is 4.89. The molecular formula is C15H14N4O5S. The van der Waals surface area contributed by atoms with E-state index in [0.717, 1.165) is 4.09 Å². The van der Waals surface area contributed by atoms with E-state index in [1.165, 1.54) is 49.9 Å². The zero-order valence-electron chi connectivity index (χ0n) is 13.1. The smallest absolute Gasteiger partial charge is 0.282 e. The summed E-state index contributed by atoms with van der Waals surface area (Å²) in [7, 11) is -2.41. The molecule has 1 aromatic carbocycles. The molecule has 0 spiro atoms. The van der Waals surface area contributed by atoms with Crippen molar-refractivity contribution in [3.8, 4) is 5.75 Å². The molecule has 3 rings (SSSR count). The molecule has 0 atom stereocenters. The minimum atomic E-state index is -3.89. The van der Waals surface area contributed by atoms with Crippen molar-refractivity contribution >= 4 is 15.9 Å². The van der Waals surface area contributed by atoms with Gasteiger partial charge in [-0.2, -0.15) is 17.6 Å². The lowest BCUT2D eigenvalue weighted by Crippen LogP contribution is -2.24. The highest BCUT2D eigenvalue weighted by molar-refractivity contribution is 7.89. The van der Waals surface area contributed by atoms with Crippen LogP contribution >= 0.6 is 0 Å². The predicted octanol–water partition coefficient (Wildman–Crippen LogP) is 1.05. The Kier molecular flexibility index (Phi) is 4.52. The highest BCUT2D eigenvalue weighted by atomic mass is 32.2. The lowest BCUT2D eigenvalue weighted by molar-refractivity contribution is 0.0945. The van der Waals surface area contributed by atoms with Gasteiger partial charge in [-0.25, -0.2) is 0 Å². The van der Waals surface area contributed by atoms with Gasteiger partial charge < -0.3 is 14.6 Å². The Morgan fingerprint density at radius 2 is 2.00 bits per heavy atom. The van der Waals surface area contributed by atoms with Crippen molar-refractivity contribution in [2.75, 3.05) is 7.11 Å². The minimum absolute atomic E-state index is 0.0272. The summed E-state index contributed by atoms with van der Waals surface area (Å²) in [4.78, 5) is 12.1. The summed E-state index contributed by atoms with van der Waals surface area (Å²) in [6.07, 6.45) is 2.60. The summed E-state index contributed by atoms with van der Waals surface area (Å²) < 4.78 is 35.4. The average molecular weight is 362 g/mol. The van der Waals surface area contributed by atoms with Crippen molar-refractivity contribution in [3.05, 3.63) is 60.2 Å². The van der Waals surface area contributed by atoms with Gasteiger partial charge in [-0.3, -0.25) is 4.79 Å². The number of carbonyl (C=O) groups is 1. The summed E-state index contributed by atoms with van der Waals surface area (Å²) in [5, 5.41) is 10.1. The van der Waals surface area contributed by atoms with E-state index in [-0.39, 0.29) is 17.1 Å². The maximum Gasteiger partial charge on any atom is 0.282 e. The van der Waals surface area contributed by atoms with Gasteiger partial charge >= 0.3 is 0 Å². The molecule has 130 valence electrons. The van der Waals surface area contributed by atoms with Crippen LogP contribution in [0.2, 0.25) is 0 Å². The van der Waals surface area contributed by atoms with Crippen molar-refractivity contribution in [2.45, 2.75) is 11.4 Å². The van der Waals surface area contributed by atoms with E-state index in [9.17, 15) is 13.2 Å². The molecule has 2 heterocycles. The van der Waals surface area contributed by atoms with Crippen molar-refractivity contribution in [1.29, 1.82) is 0 Å². The summed E-state index contributed by atoms with van der Waals surface area (Å²) in [6, 6.07) is 8.79. The van der Waals surface area contributed by atoms with Crippen LogP contribution in [-0.4, -0.2) is 35.8 Å². The lowest BCUT2D eigenvalue weighted by Gasteiger charge is -2.05. The molecule has 0 bridgehead atoms. The standard InChI is InChI=1S/C15H14N4O5S/c1-23-12-2-4-13(5-3-12)25(21,22)19-8-6-14(17-19)15(20)16-10-11-7-9-24-18-11/h2-9H,10H2,1H3,(H,16,20). The van der Waals surface area contributed by atoms with Crippen LogP contribution in [0.25, 0.3) is 0 Å². The quantitative estimate of drug-likeness (QED) is 0.696. The Bertz CT molecular complexity index is 962. The van der Waals surface area contributed by atoms with E-state index >= 15 is 0 Å². The van der Waals surface area contributed by atoms with E-state index in [2.05, 4.69) is 20.1 Å². The molecule has 9 nitrogen and oxygen atoms in total. The average Bonchev–Trinajstić information content (AvgIpc) is 3.31. The normalized spacial score (nSPS) is 11.2. The van der Waals surface area contributed by atoms with Crippen LogP contribution in [0.4, 0.5) is 0 Å². The van der Waals surface area contributed by atoms with Crippen LogP contribution in [0.15, 0.2) is 58.3 Å². The number of hydrogen-bond donors (Lipinski definition) is 1. The van der Waals surface area contributed by atoms with E-state index < -0.39 is 15.9 Å². The van der Waals surface area contributed by atoms with E-state index in [1.54, 1.807) is 6.07 Å². The Labute approximate surface area is 143 Å². The molecule has 0 unspecified atom stereocenters.